The van der Waals surface area contributed by atoms with Crippen LogP contribution in [0.3, 0.4) is 0 Å². The van der Waals surface area contributed by atoms with Crippen LogP contribution in [0.15, 0.2) is 81.9 Å². The third kappa shape index (κ3) is 3.81. The van der Waals surface area contributed by atoms with Gasteiger partial charge in [-0.2, -0.15) is 0 Å². The zero-order valence-corrected chi connectivity index (χ0v) is 15.3. The maximum absolute atomic E-state index is 5.82. The van der Waals surface area contributed by atoms with Crippen molar-refractivity contribution in [3.05, 3.63) is 83.1 Å². The van der Waals surface area contributed by atoms with E-state index in [1.165, 1.54) is 0 Å². The van der Waals surface area contributed by atoms with E-state index in [0.717, 1.165) is 26.9 Å². The number of aromatic nitrogens is 3. The van der Waals surface area contributed by atoms with Crippen molar-refractivity contribution in [2.45, 2.75) is 6.61 Å². The van der Waals surface area contributed by atoms with Crippen molar-refractivity contribution < 1.29 is 9.15 Å². The van der Waals surface area contributed by atoms with E-state index in [0.29, 0.717) is 18.4 Å². The van der Waals surface area contributed by atoms with Crippen LogP contribution in [0.5, 0.6) is 5.75 Å². The van der Waals surface area contributed by atoms with E-state index in [1.807, 2.05) is 60.7 Å². The molecule has 5 nitrogen and oxygen atoms in total. The van der Waals surface area contributed by atoms with Crippen molar-refractivity contribution in [1.82, 2.24) is 15.2 Å². The predicted molar refractivity (Wildman–Crippen MR) is 101 cm³/mol. The zero-order chi connectivity index (χ0) is 17.8. The summed E-state index contributed by atoms with van der Waals surface area (Å²) in [6.07, 6.45) is 3.39. The average molecular weight is 408 g/mol. The molecule has 0 saturated heterocycles. The molecule has 0 aliphatic heterocycles. The number of ether oxygens (including phenoxy) is 1. The van der Waals surface area contributed by atoms with Gasteiger partial charge in [0.15, 0.2) is 0 Å². The normalized spacial score (nSPS) is 10.7. The summed E-state index contributed by atoms with van der Waals surface area (Å²) in [5.74, 6) is 1.76. The van der Waals surface area contributed by atoms with Crippen LogP contribution in [0.1, 0.15) is 5.56 Å². The minimum absolute atomic E-state index is 0.459. The van der Waals surface area contributed by atoms with Gasteiger partial charge in [-0.3, -0.25) is 4.98 Å². The SMILES string of the molecule is Brc1ccc(OCc2cccc(-c3nnc(-c4ccncc4)o3)c2)cc1. The Balaban J connectivity index is 1.51. The van der Waals surface area contributed by atoms with Gasteiger partial charge in [0.05, 0.1) is 0 Å². The molecule has 0 atom stereocenters. The second kappa shape index (κ2) is 7.49. The molecule has 0 amide bonds. The Kier molecular flexibility index (Phi) is 4.75. The second-order valence-electron chi connectivity index (χ2n) is 5.59. The van der Waals surface area contributed by atoms with Gasteiger partial charge in [0.2, 0.25) is 11.8 Å². The van der Waals surface area contributed by atoms with Gasteiger partial charge in [0.1, 0.15) is 12.4 Å². The molecular weight excluding hydrogens is 394 g/mol. The maximum atomic E-state index is 5.82. The van der Waals surface area contributed by atoms with E-state index >= 15 is 0 Å². The molecule has 26 heavy (non-hydrogen) atoms. The highest BCUT2D eigenvalue weighted by molar-refractivity contribution is 9.10. The van der Waals surface area contributed by atoms with Crippen molar-refractivity contribution in [3.8, 4) is 28.7 Å². The lowest BCUT2D eigenvalue weighted by Gasteiger charge is -2.07. The van der Waals surface area contributed by atoms with Crippen LogP contribution >= 0.6 is 15.9 Å². The summed E-state index contributed by atoms with van der Waals surface area (Å²) in [4.78, 5) is 3.99. The van der Waals surface area contributed by atoms with E-state index in [-0.39, 0.29) is 0 Å². The Hall–Kier alpha value is -2.99. The van der Waals surface area contributed by atoms with Gasteiger partial charge >= 0.3 is 0 Å². The first-order valence-corrected chi connectivity index (χ1v) is 8.79. The fraction of sp³-hybridized carbons (Fsp3) is 0.0500. The summed E-state index contributed by atoms with van der Waals surface area (Å²) >= 11 is 3.41. The molecule has 0 radical (unpaired) electrons. The molecular formula is C20H14BrN3O2. The summed E-state index contributed by atoms with van der Waals surface area (Å²) in [5, 5.41) is 8.26. The molecule has 0 spiro atoms. The van der Waals surface area contributed by atoms with Crippen LogP contribution in [-0.2, 0) is 6.61 Å². The third-order valence-electron chi connectivity index (χ3n) is 3.75. The molecule has 128 valence electrons. The molecule has 2 heterocycles. The Labute approximate surface area is 158 Å². The minimum atomic E-state index is 0.459. The Bertz CT molecular complexity index is 1000. The predicted octanol–water partition coefficient (Wildman–Crippen LogP) is 5.14. The molecule has 0 aliphatic rings. The van der Waals surface area contributed by atoms with Crippen LogP contribution in [0.4, 0.5) is 0 Å². The lowest BCUT2D eigenvalue weighted by molar-refractivity contribution is 0.306. The van der Waals surface area contributed by atoms with Gasteiger partial charge in [0, 0.05) is 28.0 Å². The standard InChI is InChI=1S/C20H14BrN3O2/c21-17-4-6-18(7-5-17)25-13-14-2-1-3-16(12-14)20-24-23-19(26-20)15-8-10-22-11-9-15/h1-12H,13H2. The number of hydrogen-bond acceptors (Lipinski definition) is 5. The van der Waals surface area contributed by atoms with Crippen molar-refractivity contribution >= 4 is 15.9 Å². The third-order valence-corrected chi connectivity index (χ3v) is 4.27. The van der Waals surface area contributed by atoms with Crippen LogP contribution in [0, 0.1) is 0 Å². The van der Waals surface area contributed by atoms with Crippen LogP contribution in [-0.4, -0.2) is 15.2 Å². The lowest BCUT2D eigenvalue weighted by Crippen LogP contribution is -1.95. The van der Waals surface area contributed by atoms with E-state index < -0.39 is 0 Å². The van der Waals surface area contributed by atoms with E-state index in [1.54, 1.807) is 12.4 Å². The average Bonchev–Trinajstić information content (AvgIpc) is 3.19. The first-order chi connectivity index (χ1) is 12.8. The summed E-state index contributed by atoms with van der Waals surface area (Å²) < 4.78 is 12.6. The molecule has 0 bridgehead atoms. The number of benzene rings is 2. The first kappa shape index (κ1) is 16.5. The van der Waals surface area contributed by atoms with Crippen LogP contribution < -0.4 is 4.74 Å². The quantitative estimate of drug-likeness (QED) is 0.458. The first-order valence-electron chi connectivity index (χ1n) is 7.99. The van der Waals surface area contributed by atoms with E-state index in [4.69, 9.17) is 9.15 Å². The second-order valence-corrected chi connectivity index (χ2v) is 6.51. The molecule has 2 aromatic carbocycles. The van der Waals surface area contributed by atoms with Crippen LogP contribution in [0.2, 0.25) is 0 Å². The number of halogens is 1. The van der Waals surface area contributed by atoms with Gasteiger partial charge in [-0.05, 0) is 54.1 Å². The smallest absolute Gasteiger partial charge is 0.248 e. The Morgan fingerprint density at radius 1 is 0.846 bits per heavy atom. The Morgan fingerprint density at radius 2 is 1.58 bits per heavy atom. The largest absolute Gasteiger partial charge is 0.489 e. The van der Waals surface area contributed by atoms with Gasteiger partial charge in [-0.1, -0.05) is 28.1 Å². The van der Waals surface area contributed by atoms with Crippen molar-refractivity contribution in [2.75, 3.05) is 0 Å². The van der Waals surface area contributed by atoms with E-state index in [2.05, 4.69) is 31.1 Å². The zero-order valence-electron chi connectivity index (χ0n) is 13.7. The molecule has 0 aliphatic carbocycles. The van der Waals surface area contributed by atoms with Crippen molar-refractivity contribution in [3.63, 3.8) is 0 Å². The highest BCUT2D eigenvalue weighted by Gasteiger charge is 2.11. The van der Waals surface area contributed by atoms with Crippen molar-refractivity contribution in [1.29, 1.82) is 0 Å². The Morgan fingerprint density at radius 3 is 2.35 bits per heavy atom. The molecule has 4 rings (SSSR count). The topological polar surface area (TPSA) is 61.0 Å². The molecule has 0 fully saturated rings. The molecule has 0 saturated carbocycles. The van der Waals surface area contributed by atoms with Gasteiger partial charge in [-0.15, -0.1) is 10.2 Å². The number of pyridine rings is 1. The summed E-state index contributed by atoms with van der Waals surface area (Å²) in [6, 6.07) is 19.3. The summed E-state index contributed by atoms with van der Waals surface area (Å²) in [6.45, 7) is 0.459. The van der Waals surface area contributed by atoms with Gasteiger partial charge < -0.3 is 9.15 Å². The summed E-state index contributed by atoms with van der Waals surface area (Å²) in [5.41, 5.74) is 2.72. The minimum Gasteiger partial charge on any atom is -0.489 e. The molecule has 0 N–H and O–H groups in total. The number of hydrogen-bond donors (Lipinski definition) is 0. The molecule has 6 heteroatoms. The lowest BCUT2D eigenvalue weighted by atomic mass is 10.1. The number of rotatable bonds is 5. The van der Waals surface area contributed by atoms with Gasteiger partial charge in [-0.25, -0.2) is 0 Å². The van der Waals surface area contributed by atoms with Crippen molar-refractivity contribution in [2.24, 2.45) is 0 Å². The fourth-order valence-corrected chi connectivity index (χ4v) is 2.71. The molecule has 4 aromatic rings. The van der Waals surface area contributed by atoms with Crippen LogP contribution in [0.25, 0.3) is 22.9 Å². The monoisotopic (exact) mass is 407 g/mol. The number of nitrogens with zero attached hydrogens (tertiary/aromatic N) is 3. The maximum Gasteiger partial charge on any atom is 0.248 e. The summed E-state index contributed by atoms with van der Waals surface area (Å²) in [7, 11) is 0. The molecule has 0 unspecified atom stereocenters. The molecule has 2 aromatic heterocycles. The fourth-order valence-electron chi connectivity index (χ4n) is 2.44. The van der Waals surface area contributed by atoms with E-state index in [9.17, 15) is 0 Å². The van der Waals surface area contributed by atoms with Gasteiger partial charge in [0.25, 0.3) is 0 Å². The highest BCUT2D eigenvalue weighted by atomic mass is 79.9. The highest BCUT2D eigenvalue weighted by Crippen LogP contribution is 2.24.